The van der Waals surface area contributed by atoms with Crippen LogP contribution in [0, 0.1) is 6.92 Å². The van der Waals surface area contributed by atoms with Crippen LogP contribution in [-0.2, 0) is 10.0 Å². The maximum atomic E-state index is 13.1. The minimum atomic E-state index is -3.86. The number of aryl methyl sites for hydroxylation is 1. The first-order valence-electron chi connectivity index (χ1n) is 9.53. The van der Waals surface area contributed by atoms with Gasteiger partial charge in [-0.1, -0.05) is 12.1 Å². The van der Waals surface area contributed by atoms with Crippen molar-refractivity contribution in [1.82, 2.24) is 5.32 Å². The van der Waals surface area contributed by atoms with Crippen LogP contribution in [0.2, 0.25) is 0 Å². The summed E-state index contributed by atoms with van der Waals surface area (Å²) in [4.78, 5) is 0.121. The summed E-state index contributed by atoms with van der Waals surface area (Å²) in [6.07, 6.45) is 3.41. The number of ether oxygens (including phenoxy) is 2. The number of rotatable bonds is 6. The lowest BCUT2D eigenvalue weighted by Crippen LogP contribution is -2.34. The zero-order valence-electron chi connectivity index (χ0n) is 16.4. The average Bonchev–Trinajstić information content (AvgIpc) is 3.17. The topological polar surface area (TPSA) is 89.8 Å². The third-order valence-corrected chi connectivity index (χ3v) is 6.58. The third kappa shape index (κ3) is 4.04. The van der Waals surface area contributed by atoms with Crippen LogP contribution in [0.4, 0.5) is 5.69 Å². The van der Waals surface area contributed by atoms with Crippen molar-refractivity contribution in [3.05, 3.63) is 48.2 Å². The third-order valence-electron chi connectivity index (χ3n) is 5.01. The Morgan fingerprint density at radius 2 is 1.93 bits per heavy atom. The van der Waals surface area contributed by atoms with Gasteiger partial charge in [0.1, 0.15) is 16.7 Å². The quantitative estimate of drug-likeness (QED) is 0.637. The minimum absolute atomic E-state index is 0.0628. The van der Waals surface area contributed by atoms with Crippen molar-refractivity contribution >= 4 is 26.7 Å². The number of hydrogen-bond acceptors (Lipinski definition) is 6. The fraction of sp³-hybridized carbons (Fsp3) is 0.333. The molecule has 0 amide bonds. The van der Waals surface area contributed by atoms with Gasteiger partial charge in [0.15, 0.2) is 11.3 Å². The van der Waals surface area contributed by atoms with Crippen LogP contribution >= 0.6 is 0 Å². The second-order valence-electron chi connectivity index (χ2n) is 7.09. The summed E-state index contributed by atoms with van der Waals surface area (Å²) in [7, 11) is -2.40. The first kappa shape index (κ1) is 19.6. The highest BCUT2D eigenvalue weighted by molar-refractivity contribution is 7.92. The number of nitrogens with one attached hydrogen (secondary N) is 2. The van der Waals surface area contributed by atoms with Crippen LogP contribution in [0.5, 0.6) is 11.5 Å². The zero-order chi connectivity index (χ0) is 20.4. The van der Waals surface area contributed by atoms with E-state index < -0.39 is 10.0 Å². The summed E-state index contributed by atoms with van der Waals surface area (Å²) in [5.41, 5.74) is 1.63. The normalized spacial score (nSPS) is 15.4. The summed E-state index contributed by atoms with van der Waals surface area (Å²) in [5.74, 6) is 0.835. The number of sulfonamides is 1. The number of furan rings is 1. The van der Waals surface area contributed by atoms with E-state index in [0.29, 0.717) is 28.3 Å². The molecule has 7 nitrogen and oxygen atoms in total. The number of benzene rings is 2. The lowest BCUT2D eigenvalue weighted by Gasteiger charge is -2.24. The van der Waals surface area contributed by atoms with Gasteiger partial charge in [-0.3, -0.25) is 4.72 Å². The van der Waals surface area contributed by atoms with Gasteiger partial charge in [-0.15, -0.1) is 0 Å². The molecule has 1 saturated heterocycles. The molecular formula is C21H24N2O5S. The number of fused-ring (bicyclic) bond motifs is 1. The summed E-state index contributed by atoms with van der Waals surface area (Å²) in [5, 5.41) is 4.07. The first-order chi connectivity index (χ1) is 14.0. The molecule has 0 unspecified atom stereocenters. The van der Waals surface area contributed by atoms with Crippen molar-refractivity contribution in [2.75, 3.05) is 24.9 Å². The van der Waals surface area contributed by atoms with Gasteiger partial charge < -0.3 is 19.2 Å². The van der Waals surface area contributed by atoms with E-state index in [9.17, 15) is 8.42 Å². The molecule has 2 N–H and O–H groups in total. The Morgan fingerprint density at radius 1 is 1.14 bits per heavy atom. The molecule has 0 aliphatic carbocycles. The van der Waals surface area contributed by atoms with Crippen molar-refractivity contribution in [3.63, 3.8) is 0 Å². The highest BCUT2D eigenvalue weighted by atomic mass is 32.2. The molecule has 2 heterocycles. The molecule has 29 heavy (non-hydrogen) atoms. The Bertz CT molecular complexity index is 1120. The van der Waals surface area contributed by atoms with Crippen LogP contribution in [0.1, 0.15) is 18.4 Å². The molecule has 1 fully saturated rings. The average molecular weight is 416 g/mol. The van der Waals surface area contributed by atoms with Crippen molar-refractivity contribution in [2.24, 2.45) is 0 Å². The summed E-state index contributed by atoms with van der Waals surface area (Å²) < 4.78 is 45.9. The predicted octanol–water partition coefficient (Wildman–Crippen LogP) is 3.68. The molecule has 2 aromatic carbocycles. The second kappa shape index (κ2) is 7.96. The zero-order valence-corrected chi connectivity index (χ0v) is 17.2. The van der Waals surface area contributed by atoms with E-state index in [1.165, 1.54) is 7.11 Å². The summed E-state index contributed by atoms with van der Waals surface area (Å²) in [6.45, 7) is 3.53. The monoisotopic (exact) mass is 416 g/mol. The molecule has 0 bridgehead atoms. The van der Waals surface area contributed by atoms with Gasteiger partial charge in [0.25, 0.3) is 10.0 Å². The smallest absolute Gasteiger partial charge is 0.265 e. The first-order valence-corrected chi connectivity index (χ1v) is 11.0. The standard InChI is InChI=1S/C21H24N2O5S/c1-14-4-3-5-18(26-2)21(14)29(24,25)23-16-12-15-8-11-27-20(15)19(13-16)28-17-6-9-22-10-7-17/h3-5,8,11-13,17,22-23H,6-7,9-10H2,1-2H3. The number of hydrogen-bond donors (Lipinski definition) is 2. The molecule has 1 aliphatic rings. The van der Waals surface area contributed by atoms with Crippen LogP contribution in [-0.4, -0.2) is 34.7 Å². The van der Waals surface area contributed by atoms with Crippen LogP contribution < -0.4 is 19.5 Å². The van der Waals surface area contributed by atoms with E-state index in [-0.39, 0.29) is 11.0 Å². The summed E-state index contributed by atoms with van der Waals surface area (Å²) >= 11 is 0. The van der Waals surface area contributed by atoms with Crippen LogP contribution in [0.15, 0.2) is 52.0 Å². The lowest BCUT2D eigenvalue weighted by atomic mass is 10.1. The van der Waals surface area contributed by atoms with Crippen molar-refractivity contribution in [2.45, 2.75) is 30.8 Å². The van der Waals surface area contributed by atoms with Gasteiger partial charge >= 0.3 is 0 Å². The Balaban J connectivity index is 1.69. The maximum absolute atomic E-state index is 13.1. The Hall–Kier alpha value is -2.71. The Kier molecular flexibility index (Phi) is 5.38. The number of anilines is 1. The molecule has 0 spiro atoms. The molecule has 0 radical (unpaired) electrons. The number of piperidine rings is 1. The van der Waals surface area contributed by atoms with Gasteiger partial charge in [0.05, 0.1) is 19.1 Å². The molecular weight excluding hydrogens is 392 g/mol. The molecule has 0 atom stereocenters. The van der Waals surface area contributed by atoms with E-state index in [1.54, 1.807) is 49.6 Å². The Labute approximate surface area is 170 Å². The molecule has 8 heteroatoms. The van der Waals surface area contributed by atoms with E-state index in [0.717, 1.165) is 31.3 Å². The molecule has 4 rings (SSSR count). The van der Waals surface area contributed by atoms with Crippen LogP contribution in [0.25, 0.3) is 11.0 Å². The fourth-order valence-electron chi connectivity index (χ4n) is 3.63. The molecule has 0 saturated carbocycles. The van der Waals surface area contributed by atoms with Gasteiger partial charge in [-0.25, -0.2) is 8.42 Å². The van der Waals surface area contributed by atoms with Gasteiger partial charge in [-0.05, 0) is 56.6 Å². The molecule has 1 aliphatic heterocycles. The largest absolute Gasteiger partial charge is 0.495 e. The number of methoxy groups -OCH3 is 1. The van der Waals surface area contributed by atoms with Gasteiger partial charge in [-0.2, -0.15) is 0 Å². The van der Waals surface area contributed by atoms with E-state index in [1.807, 2.05) is 0 Å². The van der Waals surface area contributed by atoms with E-state index in [4.69, 9.17) is 13.9 Å². The maximum Gasteiger partial charge on any atom is 0.265 e. The van der Waals surface area contributed by atoms with Gasteiger partial charge in [0.2, 0.25) is 0 Å². The van der Waals surface area contributed by atoms with Crippen molar-refractivity contribution in [3.8, 4) is 11.5 Å². The van der Waals surface area contributed by atoms with Crippen molar-refractivity contribution in [1.29, 1.82) is 0 Å². The Morgan fingerprint density at radius 3 is 2.69 bits per heavy atom. The predicted molar refractivity (Wildman–Crippen MR) is 111 cm³/mol. The van der Waals surface area contributed by atoms with Crippen LogP contribution in [0.3, 0.4) is 0 Å². The SMILES string of the molecule is COc1cccc(C)c1S(=O)(=O)Nc1cc(OC2CCNCC2)c2occc2c1. The highest BCUT2D eigenvalue weighted by Gasteiger charge is 2.24. The molecule has 1 aromatic heterocycles. The second-order valence-corrected chi connectivity index (χ2v) is 8.71. The summed E-state index contributed by atoms with van der Waals surface area (Å²) in [6, 6.07) is 10.3. The van der Waals surface area contributed by atoms with E-state index >= 15 is 0 Å². The van der Waals surface area contributed by atoms with Gasteiger partial charge in [0, 0.05) is 11.5 Å². The minimum Gasteiger partial charge on any atom is -0.495 e. The van der Waals surface area contributed by atoms with Crippen molar-refractivity contribution < 1.29 is 22.3 Å². The molecule has 3 aromatic rings. The highest BCUT2D eigenvalue weighted by Crippen LogP contribution is 2.35. The fourth-order valence-corrected chi connectivity index (χ4v) is 5.06. The lowest BCUT2D eigenvalue weighted by molar-refractivity contribution is 0.163. The van der Waals surface area contributed by atoms with E-state index in [2.05, 4.69) is 10.0 Å². The molecule has 154 valence electrons.